The van der Waals surface area contributed by atoms with Crippen LogP contribution in [0.3, 0.4) is 0 Å². The standard InChI is InChI=1S/C23H28O4/c24-21-19(14-26-20-8-2-1-3-9-20)15-27-23(22(21)25)18-12-10-17(11-13-18)16-6-4-5-7-16/h1-3,8-13,16,19,21-25H,4-7,14-15H2/t19-,21+,22+,23+/m0/s1. The number of hydrogen-bond acceptors (Lipinski definition) is 4. The largest absolute Gasteiger partial charge is 0.493 e. The lowest BCUT2D eigenvalue weighted by Gasteiger charge is -2.37. The Bertz CT molecular complexity index is 709. The number of aliphatic hydroxyl groups excluding tert-OH is 2. The van der Waals surface area contributed by atoms with Crippen molar-refractivity contribution in [3.8, 4) is 5.75 Å². The van der Waals surface area contributed by atoms with E-state index in [4.69, 9.17) is 9.47 Å². The lowest BCUT2D eigenvalue weighted by atomic mass is 9.88. The van der Waals surface area contributed by atoms with Gasteiger partial charge in [0, 0.05) is 5.92 Å². The predicted octanol–water partition coefficient (Wildman–Crippen LogP) is 3.83. The molecule has 2 aromatic rings. The van der Waals surface area contributed by atoms with E-state index in [1.807, 2.05) is 42.5 Å². The Morgan fingerprint density at radius 2 is 1.52 bits per heavy atom. The van der Waals surface area contributed by atoms with E-state index in [1.165, 1.54) is 31.2 Å². The number of aliphatic hydroxyl groups is 2. The topological polar surface area (TPSA) is 58.9 Å². The van der Waals surface area contributed by atoms with Crippen LogP contribution in [0.25, 0.3) is 0 Å². The van der Waals surface area contributed by atoms with Crippen LogP contribution in [0.5, 0.6) is 5.75 Å². The lowest BCUT2D eigenvalue weighted by Crippen LogP contribution is -2.47. The normalized spacial score (nSPS) is 29.0. The Kier molecular flexibility index (Phi) is 5.77. The zero-order valence-electron chi connectivity index (χ0n) is 15.5. The highest BCUT2D eigenvalue weighted by Crippen LogP contribution is 2.36. The fourth-order valence-electron chi connectivity index (χ4n) is 4.26. The van der Waals surface area contributed by atoms with Crippen LogP contribution in [0.15, 0.2) is 54.6 Å². The predicted molar refractivity (Wildman–Crippen MR) is 104 cm³/mol. The van der Waals surface area contributed by atoms with Gasteiger partial charge in [0.15, 0.2) is 0 Å². The van der Waals surface area contributed by atoms with Gasteiger partial charge in [0.25, 0.3) is 0 Å². The molecule has 1 aliphatic carbocycles. The van der Waals surface area contributed by atoms with Crippen LogP contribution in [-0.2, 0) is 4.74 Å². The molecule has 0 amide bonds. The summed E-state index contributed by atoms with van der Waals surface area (Å²) in [6.45, 7) is 0.676. The zero-order chi connectivity index (χ0) is 18.6. The average molecular weight is 368 g/mol. The van der Waals surface area contributed by atoms with Crippen molar-refractivity contribution in [3.05, 3.63) is 65.7 Å². The molecule has 4 atom stereocenters. The summed E-state index contributed by atoms with van der Waals surface area (Å²) in [5.74, 6) is 1.17. The number of hydrogen-bond donors (Lipinski definition) is 2. The molecule has 2 aliphatic rings. The Hall–Kier alpha value is -1.88. The quantitative estimate of drug-likeness (QED) is 0.842. The van der Waals surface area contributed by atoms with Gasteiger partial charge in [-0.1, -0.05) is 55.3 Å². The van der Waals surface area contributed by atoms with E-state index < -0.39 is 18.3 Å². The van der Waals surface area contributed by atoms with E-state index >= 15 is 0 Å². The van der Waals surface area contributed by atoms with Gasteiger partial charge < -0.3 is 19.7 Å². The van der Waals surface area contributed by atoms with Crippen molar-refractivity contribution in [1.82, 2.24) is 0 Å². The molecular weight excluding hydrogens is 340 g/mol. The molecule has 0 spiro atoms. The molecule has 27 heavy (non-hydrogen) atoms. The number of ether oxygens (including phenoxy) is 2. The smallest absolute Gasteiger partial charge is 0.119 e. The summed E-state index contributed by atoms with van der Waals surface area (Å²) in [6, 6.07) is 17.9. The summed E-state index contributed by atoms with van der Waals surface area (Å²) in [7, 11) is 0. The highest BCUT2D eigenvalue weighted by Gasteiger charge is 2.39. The average Bonchev–Trinajstić information content (AvgIpc) is 3.25. The van der Waals surface area contributed by atoms with Crippen LogP contribution in [-0.4, -0.2) is 35.6 Å². The summed E-state index contributed by atoms with van der Waals surface area (Å²) < 4.78 is 11.6. The van der Waals surface area contributed by atoms with Crippen molar-refractivity contribution in [2.75, 3.05) is 13.2 Å². The molecule has 1 saturated heterocycles. The SMILES string of the molecule is O[C@@H]1[C@@H](COc2ccccc2)CO[C@H](c2ccc(C3CCCC3)cc2)[C@@H]1O. The van der Waals surface area contributed by atoms with Crippen LogP contribution < -0.4 is 4.74 Å². The molecule has 0 bridgehead atoms. The molecule has 2 aromatic carbocycles. The first-order chi connectivity index (χ1) is 13.2. The Morgan fingerprint density at radius 3 is 2.22 bits per heavy atom. The van der Waals surface area contributed by atoms with Crippen LogP contribution in [0.4, 0.5) is 0 Å². The molecule has 0 radical (unpaired) electrons. The summed E-state index contributed by atoms with van der Waals surface area (Å²) in [6.07, 6.45) is 2.84. The monoisotopic (exact) mass is 368 g/mol. The molecule has 4 rings (SSSR count). The minimum Gasteiger partial charge on any atom is -0.493 e. The fraction of sp³-hybridized carbons (Fsp3) is 0.478. The fourth-order valence-corrected chi connectivity index (χ4v) is 4.26. The first-order valence-electron chi connectivity index (χ1n) is 9.98. The maximum atomic E-state index is 10.6. The Morgan fingerprint density at radius 1 is 0.852 bits per heavy atom. The van der Waals surface area contributed by atoms with Crippen molar-refractivity contribution < 1.29 is 19.7 Å². The van der Waals surface area contributed by atoms with Gasteiger partial charge in [-0.3, -0.25) is 0 Å². The minimum atomic E-state index is -0.958. The van der Waals surface area contributed by atoms with Crippen molar-refractivity contribution >= 4 is 0 Å². The molecule has 0 unspecified atom stereocenters. The molecule has 2 fully saturated rings. The maximum absolute atomic E-state index is 10.6. The minimum absolute atomic E-state index is 0.255. The van der Waals surface area contributed by atoms with Gasteiger partial charge in [-0.05, 0) is 42.0 Å². The Labute approximate surface area is 160 Å². The second kappa shape index (κ2) is 8.42. The molecule has 4 heteroatoms. The number of para-hydroxylation sites is 1. The van der Waals surface area contributed by atoms with Gasteiger partial charge in [-0.2, -0.15) is 0 Å². The third kappa shape index (κ3) is 4.18. The maximum Gasteiger partial charge on any atom is 0.119 e. The molecule has 144 valence electrons. The number of rotatable bonds is 5. The van der Waals surface area contributed by atoms with Crippen LogP contribution >= 0.6 is 0 Å². The summed E-state index contributed by atoms with van der Waals surface area (Å²) >= 11 is 0. The summed E-state index contributed by atoms with van der Waals surface area (Å²) in [5, 5.41) is 21.2. The van der Waals surface area contributed by atoms with Gasteiger partial charge in [-0.25, -0.2) is 0 Å². The van der Waals surface area contributed by atoms with Gasteiger partial charge in [0.05, 0.1) is 19.3 Å². The molecule has 1 aliphatic heterocycles. The summed E-state index contributed by atoms with van der Waals surface area (Å²) in [4.78, 5) is 0. The second-order valence-electron chi connectivity index (χ2n) is 7.77. The van der Waals surface area contributed by atoms with Crippen molar-refractivity contribution in [3.63, 3.8) is 0 Å². The Balaban J connectivity index is 1.37. The summed E-state index contributed by atoms with van der Waals surface area (Å²) in [5.41, 5.74) is 2.29. The van der Waals surface area contributed by atoms with Crippen LogP contribution in [0, 0.1) is 5.92 Å². The third-order valence-corrected chi connectivity index (χ3v) is 5.93. The van der Waals surface area contributed by atoms with E-state index in [2.05, 4.69) is 12.1 Å². The first-order valence-corrected chi connectivity index (χ1v) is 9.98. The number of benzene rings is 2. The van der Waals surface area contributed by atoms with E-state index in [0.29, 0.717) is 19.1 Å². The molecular formula is C23H28O4. The van der Waals surface area contributed by atoms with Crippen LogP contribution in [0.1, 0.15) is 48.8 Å². The molecule has 1 saturated carbocycles. The van der Waals surface area contributed by atoms with E-state index in [1.54, 1.807) is 0 Å². The first kappa shape index (κ1) is 18.5. The van der Waals surface area contributed by atoms with Gasteiger partial charge in [0.2, 0.25) is 0 Å². The van der Waals surface area contributed by atoms with Gasteiger partial charge >= 0.3 is 0 Å². The van der Waals surface area contributed by atoms with Crippen molar-refractivity contribution in [2.45, 2.75) is 49.9 Å². The lowest BCUT2D eigenvalue weighted by molar-refractivity contribution is -0.172. The van der Waals surface area contributed by atoms with E-state index in [-0.39, 0.29) is 5.92 Å². The molecule has 1 heterocycles. The third-order valence-electron chi connectivity index (χ3n) is 5.93. The van der Waals surface area contributed by atoms with Crippen molar-refractivity contribution in [2.24, 2.45) is 5.92 Å². The van der Waals surface area contributed by atoms with E-state index in [9.17, 15) is 10.2 Å². The van der Waals surface area contributed by atoms with E-state index in [0.717, 1.165) is 11.3 Å². The zero-order valence-corrected chi connectivity index (χ0v) is 15.5. The van der Waals surface area contributed by atoms with Gasteiger partial charge in [-0.15, -0.1) is 0 Å². The highest BCUT2D eigenvalue weighted by atomic mass is 16.5. The van der Waals surface area contributed by atoms with Crippen molar-refractivity contribution in [1.29, 1.82) is 0 Å². The second-order valence-corrected chi connectivity index (χ2v) is 7.77. The van der Waals surface area contributed by atoms with Crippen LogP contribution in [0.2, 0.25) is 0 Å². The molecule has 0 aromatic heterocycles. The molecule has 4 nitrogen and oxygen atoms in total. The molecule has 2 N–H and O–H groups in total. The van der Waals surface area contributed by atoms with Gasteiger partial charge in [0.1, 0.15) is 18.0 Å². The highest BCUT2D eigenvalue weighted by molar-refractivity contribution is 5.28.